The maximum atomic E-state index is 12.7. The van der Waals surface area contributed by atoms with Crippen molar-refractivity contribution in [2.75, 3.05) is 24.6 Å². The predicted molar refractivity (Wildman–Crippen MR) is 145 cm³/mol. The van der Waals surface area contributed by atoms with E-state index in [1.54, 1.807) is 0 Å². The smallest absolute Gasteiger partial charge is 0.324 e. The van der Waals surface area contributed by atoms with Gasteiger partial charge in [0, 0.05) is 36.4 Å². The molecular weight excluding hydrogens is 464 g/mol. The maximum Gasteiger partial charge on any atom is 0.324 e. The first kappa shape index (κ1) is 26.1. The summed E-state index contributed by atoms with van der Waals surface area (Å²) in [5, 5.41) is 7.39. The first-order valence-corrected chi connectivity index (χ1v) is 14.5. The van der Waals surface area contributed by atoms with E-state index in [1.807, 2.05) is 0 Å². The summed E-state index contributed by atoms with van der Waals surface area (Å²) in [5.74, 6) is 2.99. The summed E-state index contributed by atoms with van der Waals surface area (Å²) < 4.78 is 11.7. The fraction of sp³-hybridized carbons (Fsp3) is 0.700. The van der Waals surface area contributed by atoms with Gasteiger partial charge in [0.15, 0.2) is 5.82 Å². The molecule has 2 heterocycles. The number of aromatic nitrogens is 2. The Morgan fingerprint density at radius 1 is 1.19 bits per heavy atom. The molecule has 7 nitrogen and oxygen atoms in total. The van der Waals surface area contributed by atoms with Gasteiger partial charge in [-0.25, -0.2) is 0 Å². The van der Waals surface area contributed by atoms with Crippen molar-refractivity contribution < 1.29 is 14.1 Å². The number of nitrogens with zero attached hydrogens (tertiary/aromatic N) is 3. The number of piperidine rings is 1. The zero-order valence-corrected chi connectivity index (χ0v) is 22.9. The van der Waals surface area contributed by atoms with Gasteiger partial charge in [0.2, 0.25) is 5.91 Å². The second-order valence-corrected chi connectivity index (χ2v) is 12.1. The van der Waals surface area contributed by atoms with Crippen LogP contribution in [0.5, 0.6) is 0 Å². The summed E-state index contributed by atoms with van der Waals surface area (Å²) in [6.45, 7) is 9.08. The minimum Gasteiger partial charge on any atom is -0.494 e. The van der Waals surface area contributed by atoms with Gasteiger partial charge >= 0.3 is 6.01 Å². The summed E-state index contributed by atoms with van der Waals surface area (Å²) in [6, 6.07) is 1.06. The standard InChI is InChI=1S/C30H44N4O3/c1-21(2)27-32-29(37-33-27)34-18-14-22(15-19-34)20-36-26-12-16-30(3,17-13-26)24-10-8-23(9-11-24)28(35)31-25-6-4-5-7-25/h10,12-13,16,21-23,25H,4-9,11,14-15,17-20H2,1-3H3,(H,31,35)/t23?,30-/m1/s1. The third kappa shape index (κ3) is 6.29. The van der Waals surface area contributed by atoms with Crippen molar-refractivity contribution in [1.82, 2.24) is 15.5 Å². The Bertz CT molecular complexity index is 1030. The summed E-state index contributed by atoms with van der Waals surface area (Å²) >= 11 is 0. The number of carbonyl (C=O) groups is 1. The van der Waals surface area contributed by atoms with Gasteiger partial charge < -0.3 is 19.5 Å². The van der Waals surface area contributed by atoms with Gasteiger partial charge in [-0.3, -0.25) is 4.79 Å². The van der Waals surface area contributed by atoms with E-state index in [4.69, 9.17) is 9.26 Å². The number of nitrogens with one attached hydrogen (secondary N) is 1. The number of ether oxygens (including phenoxy) is 1. The number of carbonyl (C=O) groups excluding carboxylic acids is 1. The average molecular weight is 509 g/mol. The van der Waals surface area contributed by atoms with Crippen molar-refractivity contribution >= 4 is 11.9 Å². The number of rotatable bonds is 8. The minimum absolute atomic E-state index is 0.0318. The third-order valence-corrected chi connectivity index (χ3v) is 8.88. The Hall–Kier alpha value is -2.57. The monoisotopic (exact) mass is 508 g/mol. The average Bonchev–Trinajstić information content (AvgIpc) is 3.62. The topological polar surface area (TPSA) is 80.5 Å². The van der Waals surface area contributed by atoms with Crippen LogP contribution in [0.25, 0.3) is 0 Å². The molecule has 0 bridgehead atoms. The number of hydrogen-bond acceptors (Lipinski definition) is 6. The molecule has 1 aromatic heterocycles. The van der Waals surface area contributed by atoms with Crippen molar-refractivity contribution in [2.45, 2.75) is 96.9 Å². The Morgan fingerprint density at radius 2 is 1.97 bits per heavy atom. The molecule has 4 aliphatic rings. The second-order valence-electron chi connectivity index (χ2n) is 12.1. The van der Waals surface area contributed by atoms with Crippen molar-refractivity contribution in [3.05, 3.63) is 41.5 Å². The van der Waals surface area contributed by atoms with Crippen LogP contribution in [0, 0.1) is 17.3 Å². The highest BCUT2D eigenvalue weighted by Crippen LogP contribution is 2.42. The van der Waals surface area contributed by atoms with Gasteiger partial charge in [-0.15, -0.1) is 0 Å². The quantitative estimate of drug-likeness (QED) is 0.430. The molecule has 0 radical (unpaired) electrons. The lowest BCUT2D eigenvalue weighted by molar-refractivity contribution is -0.125. The van der Waals surface area contributed by atoms with E-state index in [-0.39, 0.29) is 23.2 Å². The van der Waals surface area contributed by atoms with Crippen molar-refractivity contribution in [3.8, 4) is 0 Å². The minimum atomic E-state index is 0.0318. The van der Waals surface area contributed by atoms with Crippen LogP contribution in [0.3, 0.4) is 0 Å². The fourth-order valence-corrected chi connectivity index (χ4v) is 6.13. The molecule has 1 saturated heterocycles. The Morgan fingerprint density at radius 3 is 2.59 bits per heavy atom. The van der Waals surface area contributed by atoms with Crippen LogP contribution in [-0.4, -0.2) is 41.8 Å². The summed E-state index contributed by atoms with van der Waals surface area (Å²) in [6.07, 6.45) is 19.8. The molecule has 2 atom stereocenters. The highest BCUT2D eigenvalue weighted by atomic mass is 16.5. The molecule has 202 valence electrons. The summed E-state index contributed by atoms with van der Waals surface area (Å²) in [5.41, 5.74) is 1.50. The highest BCUT2D eigenvalue weighted by molar-refractivity contribution is 5.79. The van der Waals surface area contributed by atoms with Gasteiger partial charge in [0.1, 0.15) is 5.76 Å². The molecule has 2 fully saturated rings. The van der Waals surface area contributed by atoms with Crippen LogP contribution in [0.4, 0.5) is 6.01 Å². The molecule has 7 heteroatoms. The molecule has 0 aromatic carbocycles. The molecule has 1 aliphatic heterocycles. The van der Waals surface area contributed by atoms with Gasteiger partial charge in [-0.05, 0) is 69.4 Å². The van der Waals surface area contributed by atoms with Gasteiger partial charge in [-0.1, -0.05) is 56.5 Å². The van der Waals surface area contributed by atoms with Gasteiger partial charge in [-0.2, -0.15) is 4.98 Å². The van der Waals surface area contributed by atoms with E-state index in [9.17, 15) is 4.79 Å². The van der Waals surface area contributed by atoms with E-state index in [0.717, 1.165) is 82.6 Å². The first-order chi connectivity index (χ1) is 17.9. The summed E-state index contributed by atoms with van der Waals surface area (Å²) in [7, 11) is 0. The normalized spacial score (nSPS) is 27.4. The molecule has 3 aliphatic carbocycles. The lowest BCUT2D eigenvalue weighted by Gasteiger charge is -2.35. The lowest BCUT2D eigenvalue weighted by atomic mass is 9.71. The lowest BCUT2D eigenvalue weighted by Crippen LogP contribution is -2.38. The molecule has 1 N–H and O–H groups in total. The van der Waals surface area contributed by atoms with Crippen LogP contribution in [0.1, 0.15) is 96.7 Å². The Labute approximate surface area is 221 Å². The van der Waals surface area contributed by atoms with Crippen LogP contribution in [-0.2, 0) is 9.53 Å². The van der Waals surface area contributed by atoms with Gasteiger partial charge in [0.25, 0.3) is 0 Å². The summed E-state index contributed by atoms with van der Waals surface area (Å²) in [4.78, 5) is 19.4. The zero-order chi connectivity index (χ0) is 25.8. The molecule has 1 unspecified atom stereocenters. The number of allylic oxidation sites excluding steroid dienone is 5. The van der Waals surface area contributed by atoms with E-state index < -0.39 is 0 Å². The Kier molecular flexibility index (Phi) is 8.06. The van der Waals surface area contributed by atoms with E-state index in [0.29, 0.717) is 18.0 Å². The van der Waals surface area contributed by atoms with Crippen LogP contribution >= 0.6 is 0 Å². The SMILES string of the molecule is CC(C)c1noc(N2CCC(COC3=CC[C@](C)(C4=CCC(C(=O)NC5CCCC5)CC4)C=C3)CC2)n1. The van der Waals surface area contributed by atoms with Crippen LogP contribution in [0.2, 0.25) is 0 Å². The van der Waals surface area contributed by atoms with Crippen molar-refractivity contribution in [2.24, 2.45) is 17.3 Å². The maximum absolute atomic E-state index is 12.7. The predicted octanol–water partition coefficient (Wildman–Crippen LogP) is 6.06. The number of hydrogen-bond donors (Lipinski definition) is 1. The van der Waals surface area contributed by atoms with E-state index in [2.05, 4.69) is 65.4 Å². The van der Waals surface area contributed by atoms with E-state index >= 15 is 0 Å². The molecular formula is C30H44N4O3. The highest BCUT2D eigenvalue weighted by Gasteiger charge is 2.32. The second kappa shape index (κ2) is 11.4. The van der Waals surface area contributed by atoms with Gasteiger partial charge in [0.05, 0.1) is 6.61 Å². The number of amides is 1. The van der Waals surface area contributed by atoms with Crippen molar-refractivity contribution in [1.29, 1.82) is 0 Å². The van der Waals surface area contributed by atoms with Crippen molar-refractivity contribution in [3.63, 3.8) is 0 Å². The van der Waals surface area contributed by atoms with Crippen LogP contribution < -0.4 is 10.2 Å². The molecule has 1 amide bonds. The molecule has 5 rings (SSSR count). The molecule has 37 heavy (non-hydrogen) atoms. The van der Waals surface area contributed by atoms with Crippen LogP contribution in [0.15, 0.2) is 40.2 Å². The molecule has 1 saturated carbocycles. The fourth-order valence-electron chi connectivity index (χ4n) is 6.13. The largest absolute Gasteiger partial charge is 0.494 e. The first-order valence-electron chi connectivity index (χ1n) is 14.5. The zero-order valence-electron chi connectivity index (χ0n) is 22.9. The number of anilines is 1. The van der Waals surface area contributed by atoms with E-state index in [1.165, 1.54) is 18.4 Å². The molecule has 1 aromatic rings. The Balaban J connectivity index is 1.05. The molecule has 0 spiro atoms. The third-order valence-electron chi connectivity index (χ3n) is 8.88.